The van der Waals surface area contributed by atoms with Gasteiger partial charge >= 0.3 is 6.03 Å². The number of aliphatic hydroxyl groups is 1. The molecule has 2 saturated heterocycles. The normalized spacial score (nSPS) is 18.0. The van der Waals surface area contributed by atoms with Crippen LogP contribution in [0.3, 0.4) is 0 Å². The number of piperidine rings is 2. The molecule has 4 heterocycles. The quantitative estimate of drug-likeness (QED) is 0.476. The van der Waals surface area contributed by atoms with Crippen molar-refractivity contribution in [2.75, 3.05) is 58.7 Å². The van der Waals surface area contributed by atoms with Gasteiger partial charge in [-0.25, -0.2) is 9.78 Å². The summed E-state index contributed by atoms with van der Waals surface area (Å²) in [7, 11) is 3.44. The van der Waals surface area contributed by atoms with E-state index in [9.17, 15) is 14.7 Å². The van der Waals surface area contributed by atoms with E-state index in [1.807, 2.05) is 24.3 Å². The molecular weight excluding hydrogens is 502 g/mol. The van der Waals surface area contributed by atoms with E-state index in [4.69, 9.17) is 0 Å². The molecule has 0 saturated carbocycles. The molecule has 1 aromatic carbocycles. The standard InChI is InChI=1S/C27H37N7O3S/c1-31(2)26(36)33-15-10-27(37,11-16-33)18-34-19-29-23-22(30-38-24(23)25(34)35)20-6-8-21(9-7-20)28-12-17-32-13-4-3-5-14-32/h6-9,19,28,37H,3-5,10-18H2,1-2H3. The van der Waals surface area contributed by atoms with Crippen LogP contribution < -0.4 is 10.9 Å². The minimum Gasteiger partial charge on any atom is -0.388 e. The van der Waals surface area contributed by atoms with Crippen molar-refractivity contribution in [2.45, 2.75) is 44.2 Å². The van der Waals surface area contributed by atoms with Gasteiger partial charge in [0.05, 0.1) is 18.5 Å². The third-order valence-corrected chi connectivity index (χ3v) is 8.45. The number of likely N-dealkylation sites (tertiary alicyclic amines) is 2. The summed E-state index contributed by atoms with van der Waals surface area (Å²) in [6.45, 7) is 5.40. The van der Waals surface area contributed by atoms with E-state index in [0.29, 0.717) is 41.8 Å². The van der Waals surface area contributed by atoms with Crippen molar-refractivity contribution in [3.63, 3.8) is 0 Å². The lowest BCUT2D eigenvalue weighted by atomic mass is 9.91. The molecule has 0 unspecified atom stereocenters. The summed E-state index contributed by atoms with van der Waals surface area (Å²) in [5.41, 5.74) is 2.00. The molecular formula is C27H37N7O3S. The number of nitrogens with one attached hydrogen (secondary N) is 1. The van der Waals surface area contributed by atoms with Gasteiger partial charge < -0.3 is 25.1 Å². The number of fused-ring (bicyclic) bond motifs is 1. The first-order valence-corrected chi connectivity index (χ1v) is 14.2. The van der Waals surface area contributed by atoms with Gasteiger partial charge in [0.25, 0.3) is 5.56 Å². The molecule has 3 aromatic rings. The van der Waals surface area contributed by atoms with E-state index in [2.05, 4.69) is 19.6 Å². The molecule has 2 N–H and O–H groups in total. The van der Waals surface area contributed by atoms with Crippen molar-refractivity contribution in [3.8, 4) is 11.3 Å². The number of anilines is 1. The third kappa shape index (κ3) is 5.84. The SMILES string of the molecule is CN(C)C(=O)N1CCC(O)(Cn2cnc3c(-c4ccc(NCCN5CCCCC5)cc4)nsc3c2=O)CC1. The Kier molecular flexibility index (Phi) is 7.96. The summed E-state index contributed by atoms with van der Waals surface area (Å²) in [5.74, 6) is 0. The summed E-state index contributed by atoms with van der Waals surface area (Å²) in [6, 6.07) is 8.04. The van der Waals surface area contributed by atoms with E-state index < -0.39 is 5.60 Å². The molecule has 204 valence electrons. The number of amides is 2. The zero-order valence-corrected chi connectivity index (χ0v) is 23.0. The second kappa shape index (κ2) is 11.4. The van der Waals surface area contributed by atoms with Crippen LogP contribution in [0.1, 0.15) is 32.1 Å². The maximum Gasteiger partial charge on any atom is 0.319 e. The highest BCUT2D eigenvalue weighted by atomic mass is 32.1. The smallest absolute Gasteiger partial charge is 0.319 e. The van der Waals surface area contributed by atoms with Crippen molar-refractivity contribution in [1.82, 2.24) is 28.6 Å². The predicted molar refractivity (Wildman–Crippen MR) is 151 cm³/mol. The van der Waals surface area contributed by atoms with Crippen LogP contribution in [0.25, 0.3) is 21.5 Å². The van der Waals surface area contributed by atoms with Gasteiger partial charge in [-0.15, -0.1) is 0 Å². The average molecular weight is 540 g/mol. The van der Waals surface area contributed by atoms with Gasteiger partial charge in [-0.3, -0.25) is 9.36 Å². The van der Waals surface area contributed by atoms with E-state index in [-0.39, 0.29) is 18.1 Å². The van der Waals surface area contributed by atoms with Crippen LogP contribution in [0.2, 0.25) is 0 Å². The lowest BCUT2D eigenvalue weighted by molar-refractivity contribution is -0.0282. The zero-order chi connectivity index (χ0) is 26.7. The number of hydrogen-bond acceptors (Lipinski definition) is 8. The largest absolute Gasteiger partial charge is 0.388 e. The summed E-state index contributed by atoms with van der Waals surface area (Å²) in [4.78, 5) is 35.8. The number of carbonyl (C=O) groups excluding carboxylic acids is 1. The fourth-order valence-corrected chi connectivity index (χ4v) is 6.12. The van der Waals surface area contributed by atoms with E-state index in [1.165, 1.54) is 48.1 Å². The number of rotatable bonds is 7. The lowest BCUT2D eigenvalue weighted by Gasteiger charge is -2.39. The van der Waals surface area contributed by atoms with Crippen LogP contribution in [0.4, 0.5) is 10.5 Å². The minimum atomic E-state index is -1.06. The maximum atomic E-state index is 13.3. The molecule has 0 radical (unpaired) electrons. The second-order valence-corrected chi connectivity index (χ2v) is 11.5. The van der Waals surface area contributed by atoms with Crippen molar-refractivity contribution in [3.05, 3.63) is 40.9 Å². The summed E-state index contributed by atoms with van der Waals surface area (Å²) in [5, 5.41) is 14.6. The number of aromatic nitrogens is 3. The highest BCUT2D eigenvalue weighted by Gasteiger charge is 2.35. The Morgan fingerprint density at radius 2 is 1.82 bits per heavy atom. The average Bonchev–Trinajstić information content (AvgIpc) is 3.36. The molecule has 0 atom stereocenters. The van der Waals surface area contributed by atoms with Crippen molar-refractivity contribution >= 4 is 33.5 Å². The third-order valence-electron chi connectivity index (χ3n) is 7.63. The Labute approximate surface area is 227 Å². The monoisotopic (exact) mass is 539 g/mol. The van der Waals surface area contributed by atoms with Gasteiger partial charge in [-0.05, 0) is 62.4 Å². The number of urea groups is 1. The highest BCUT2D eigenvalue weighted by molar-refractivity contribution is 7.13. The predicted octanol–water partition coefficient (Wildman–Crippen LogP) is 2.93. The van der Waals surface area contributed by atoms with Crippen LogP contribution in [-0.2, 0) is 6.54 Å². The van der Waals surface area contributed by atoms with Crippen LogP contribution in [0.15, 0.2) is 35.4 Å². The molecule has 0 aliphatic carbocycles. The number of benzene rings is 1. The van der Waals surface area contributed by atoms with Gasteiger partial charge in [0, 0.05) is 51.5 Å². The first-order valence-electron chi connectivity index (χ1n) is 13.4. The Morgan fingerprint density at radius 3 is 2.50 bits per heavy atom. The molecule has 0 bridgehead atoms. The fourth-order valence-electron chi connectivity index (χ4n) is 5.32. The summed E-state index contributed by atoms with van der Waals surface area (Å²) in [6.07, 6.45) is 6.27. The number of hydrogen-bond donors (Lipinski definition) is 2. The zero-order valence-electron chi connectivity index (χ0n) is 22.2. The highest BCUT2D eigenvalue weighted by Crippen LogP contribution is 2.29. The van der Waals surface area contributed by atoms with Gasteiger partial charge in [-0.2, -0.15) is 4.37 Å². The molecule has 5 rings (SSSR count). The summed E-state index contributed by atoms with van der Waals surface area (Å²) >= 11 is 1.14. The van der Waals surface area contributed by atoms with Crippen LogP contribution >= 0.6 is 11.5 Å². The lowest BCUT2D eigenvalue weighted by Crippen LogP contribution is -2.51. The molecule has 2 fully saturated rings. The van der Waals surface area contributed by atoms with Gasteiger partial charge in [0.15, 0.2) is 0 Å². The first-order chi connectivity index (χ1) is 18.3. The molecule has 0 spiro atoms. The van der Waals surface area contributed by atoms with E-state index in [0.717, 1.165) is 35.9 Å². The number of nitrogens with zero attached hydrogens (tertiary/aromatic N) is 6. The fraction of sp³-hybridized carbons (Fsp3) is 0.556. The second-order valence-electron chi connectivity index (χ2n) is 10.7. The van der Waals surface area contributed by atoms with Crippen LogP contribution in [0.5, 0.6) is 0 Å². The van der Waals surface area contributed by atoms with Crippen LogP contribution in [-0.4, -0.2) is 98.7 Å². The van der Waals surface area contributed by atoms with E-state index >= 15 is 0 Å². The van der Waals surface area contributed by atoms with E-state index in [1.54, 1.807) is 19.0 Å². The molecule has 2 aliphatic rings. The topological polar surface area (TPSA) is 107 Å². The first kappa shape index (κ1) is 26.6. The Hall–Kier alpha value is -3.02. The molecule has 2 aromatic heterocycles. The molecule has 11 heteroatoms. The minimum absolute atomic E-state index is 0.0641. The molecule has 10 nitrogen and oxygen atoms in total. The van der Waals surface area contributed by atoms with Gasteiger partial charge in [0.1, 0.15) is 15.9 Å². The number of carbonyl (C=O) groups is 1. The van der Waals surface area contributed by atoms with Crippen molar-refractivity contribution in [1.29, 1.82) is 0 Å². The van der Waals surface area contributed by atoms with Crippen molar-refractivity contribution < 1.29 is 9.90 Å². The molecule has 2 amide bonds. The van der Waals surface area contributed by atoms with Crippen molar-refractivity contribution in [2.24, 2.45) is 0 Å². The summed E-state index contributed by atoms with van der Waals surface area (Å²) < 4.78 is 6.51. The van der Waals surface area contributed by atoms with Crippen LogP contribution in [0, 0.1) is 0 Å². The molecule has 2 aliphatic heterocycles. The Balaban J connectivity index is 1.23. The molecule has 38 heavy (non-hydrogen) atoms. The Bertz CT molecular complexity index is 1310. The maximum absolute atomic E-state index is 13.3. The van der Waals surface area contributed by atoms with Gasteiger partial charge in [0.2, 0.25) is 0 Å². The Morgan fingerprint density at radius 1 is 1.11 bits per heavy atom. The van der Waals surface area contributed by atoms with Gasteiger partial charge in [-0.1, -0.05) is 18.6 Å².